The fourth-order valence-electron chi connectivity index (χ4n) is 4.81. The van der Waals surface area contributed by atoms with Gasteiger partial charge in [0.1, 0.15) is 6.04 Å². The molecule has 1 saturated heterocycles. The van der Waals surface area contributed by atoms with Crippen LogP contribution in [0.15, 0.2) is 54.6 Å². The molecule has 7 heteroatoms. The molecule has 1 aliphatic heterocycles. The number of carboxylic acids is 1. The Kier molecular flexibility index (Phi) is 7.54. The third kappa shape index (κ3) is 5.91. The standard InChI is InChI=1S/C28H33N3O4/c1-18(2)19-8-12-24(13-9-19)30-28(35)31-16-4-7-25(31)26(32)29-23-14-10-20(11-15-23)21-5-3-6-22(17-21)27(33)34/h3,5-6,8-10,12-13,17-18,23,25H,4,7,11,14-16H2,1-2H3,(H,29,32)(H,30,35)(H,33,34)/t23?,25-/m1/s1. The Morgan fingerprint density at radius 3 is 2.49 bits per heavy atom. The van der Waals surface area contributed by atoms with Gasteiger partial charge in [-0.15, -0.1) is 0 Å². The van der Waals surface area contributed by atoms with Gasteiger partial charge in [0, 0.05) is 18.3 Å². The van der Waals surface area contributed by atoms with Gasteiger partial charge in [0.15, 0.2) is 0 Å². The first-order valence-electron chi connectivity index (χ1n) is 12.3. The summed E-state index contributed by atoms with van der Waals surface area (Å²) in [5.41, 5.74) is 4.22. The first-order chi connectivity index (χ1) is 16.8. The first-order valence-corrected chi connectivity index (χ1v) is 12.3. The van der Waals surface area contributed by atoms with Crippen LogP contribution in [0.1, 0.15) is 73.4 Å². The predicted molar refractivity (Wildman–Crippen MR) is 136 cm³/mol. The molecule has 7 nitrogen and oxygen atoms in total. The molecular weight excluding hydrogens is 442 g/mol. The highest BCUT2D eigenvalue weighted by Gasteiger charge is 2.35. The van der Waals surface area contributed by atoms with Gasteiger partial charge >= 0.3 is 12.0 Å². The quantitative estimate of drug-likeness (QED) is 0.531. The zero-order chi connectivity index (χ0) is 24.9. The number of urea groups is 1. The summed E-state index contributed by atoms with van der Waals surface area (Å²) in [7, 11) is 0. The molecule has 184 valence electrons. The van der Waals surface area contributed by atoms with Crippen LogP contribution in [0.25, 0.3) is 5.57 Å². The Morgan fingerprint density at radius 2 is 1.83 bits per heavy atom. The molecule has 2 aromatic carbocycles. The summed E-state index contributed by atoms with van der Waals surface area (Å²) in [6, 6.07) is 14.1. The van der Waals surface area contributed by atoms with Crippen molar-refractivity contribution in [1.29, 1.82) is 0 Å². The van der Waals surface area contributed by atoms with Crippen molar-refractivity contribution >= 4 is 29.2 Å². The van der Waals surface area contributed by atoms with Crippen LogP contribution in [0.4, 0.5) is 10.5 Å². The van der Waals surface area contributed by atoms with Gasteiger partial charge in [0.05, 0.1) is 5.56 Å². The monoisotopic (exact) mass is 475 g/mol. The normalized spacial score (nSPS) is 19.9. The van der Waals surface area contributed by atoms with Crippen molar-refractivity contribution in [3.05, 3.63) is 71.3 Å². The molecule has 0 saturated carbocycles. The number of nitrogens with zero attached hydrogens (tertiary/aromatic N) is 1. The van der Waals surface area contributed by atoms with E-state index in [1.54, 1.807) is 23.1 Å². The summed E-state index contributed by atoms with van der Waals surface area (Å²) in [5.74, 6) is -0.624. The summed E-state index contributed by atoms with van der Waals surface area (Å²) in [6.07, 6.45) is 5.74. The van der Waals surface area contributed by atoms with Gasteiger partial charge in [-0.1, -0.05) is 44.2 Å². The molecule has 2 aromatic rings. The molecule has 35 heavy (non-hydrogen) atoms. The molecule has 3 amide bonds. The summed E-state index contributed by atoms with van der Waals surface area (Å²) in [4.78, 5) is 38.8. The molecule has 0 bridgehead atoms. The van der Waals surface area contributed by atoms with Crippen LogP contribution in [0.2, 0.25) is 0 Å². The highest BCUT2D eigenvalue weighted by Crippen LogP contribution is 2.28. The van der Waals surface area contributed by atoms with E-state index in [4.69, 9.17) is 0 Å². The number of hydrogen-bond donors (Lipinski definition) is 3. The zero-order valence-corrected chi connectivity index (χ0v) is 20.3. The van der Waals surface area contributed by atoms with Crippen LogP contribution in [0.5, 0.6) is 0 Å². The van der Waals surface area contributed by atoms with Crippen LogP contribution < -0.4 is 10.6 Å². The zero-order valence-electron chi connectivity index (χ0n) is 20.3. The average molecular weight is 476 g/mol. The van der Waals surface area contributed by atoms with E-state index in [-0.39, 0.29) is 23.5 Å². The van der Waals surface area contributed by atoms with Crippen LogP contribution in [-0.2, 0) is 4.79 Å². The highest BCUT2D eigenvalue weighted by atomic mass is 16.4. The molecule has 2 aliphatic rings. The second-order valence-corrected chi connectivity index (χ2v) is 9.65. The van der Waals surface area contributed by atoms with Gasteiger partial charge in [0.25, 0.3) is 0 Å². The molecule has 1 aliphatic carbocycles. The molecule has 0 radical (unpaired) electrons. The van der Waals surface area contributed by atoms with Crippen LogP contribution >= 0.6 is 0 Å². The van der Waals surface area contributed by atoms with Crippen molar-refractivity contribution in [2.75, 3.05) is 11.9 Å². The van der Waals surface area contributed by atoms with Gasteiger partial charge in [0.2, 0.25) is 5.91 Å². The Bertz CT molecular complexity index is 1120. The molecule has 3 N–H and O–H groups in total. The van der Waals surface area contributed by atoms with Gasteiger partial charge in [-0.3, -0.25) is 4.79 Å². The molecular formula is C28H33N3O4. The number of hydrogen-bond acceptors (Lipinski definition) is 3. The number of benzene rings is 2. The van der Waals surface area contributed by atoms with Crippen molar-refractivity contribution in [3.63, 3.8) is 0 Å². The summed E-state index contributed by atoms with van der Waals surface area (Å²) >= 11 is 0. The van der Waals surface area contributed by atoms with E-state index in [1.165, 1.54) is 5.56 Å². The lowest BCUT2D eigenvalue weighted by Gasteiger charge is -2.28. The minimum absolute atomic E-state index is 0.00277. The van der Waals surface area contributed by atoms with Crippen molar-refractivity contribution in [2.45, 2.75) is 64.0 Å². The van der Waals surface area contributed by atoms with Crippen LogP contribution in [-0.4, -0.2) is 46.5 Å². The predicted octanol–water partition coefficient (Wildman–Crippen LogP) is 5.26. The maximum absolute atomic E-state index is 13.1. The van der Waals surface area contributed by atoms with Crippen molar-refractivity contribution in [3.8, 4) is 0 Å². The lowest BCUT2D eigenvalue weighted by molar-refractivity contribution is -0.125. The topological polar surface area (TPSA) is 98.7 Å². The Hall–Kier alpha value is -3.61. The van der Waals surface area contributed by atoms with E-state index in [0.717, 1.165) is 36.1 Å². The number of allylic oxidation sites excluding steroid dienone is 1. The van der Waals surface area contributed by atoms with E-state index >= 15 is 0 Å². The number of amides is 3. The lowest BCUT2D eigenvalue weighted by Crippen LogP contribution is -2.50. The van der Waals surface area contributed by atoms with Crippen molar-refractivity contribution < 1.29 is 19.5 Å². The minimum Gasteiger partial charge on any atom is -0.478 e. The number of rotatable bonds is 6. The van der Waals surface area contributed by atoms with Crippen LogP contribution in [0.3, 0.4) is 0 Å². The minimum atomic E-state index is -0.939. The fourth-order valence-corrected chi connectivity index (χ4v) is 4.81. The van der Waals surface area contributed by atoms with Gasteiger partial charge in [-0.2, -0.15) is 0 Å². The SMILES string of the molecule is CC(C)c1ccc(NC(=O)N2CCC[C@@H]2C(=O)NC2CC=C(c3cccc(C(=O)O)c3)CC2)cc1. The van der Waals surface area contributed by atoms with E-state index < -0.39 is 12.0 Å². The smallest absolute Gasteiger partial charge is 0.335 e. The van der Waals surface area contributed by atoms with Crippen molar-refractivity contribution in [1.82, 2.24) is 10.2 Å². The number of carbonyl (C=O) groups excluding carboxylic acids is 2. The molecule has 0 aromatic heterocycles. The maximum Gasteiger partial charge on any atom is 0.335 e. The Balaban J connectivity index is 1.33. The summed E-state index contributed by atoms with van der Waals surface area (Å²) < 4.78 is 0. The average Bonchev–Trinajstić information content (AvgIpc) is 3.35. The van der Waals surface area contributed by atoms with Crippen molar-refractivity contribution in [2.24, 2.45) is 0 Å². The number of carboxylic acid groups (broad SMARTS) is 1. The van der Waals surface area contributed by atoms with Gasteiger partial charge in [-0.25, -0.2) is 9.59 Å². The summed E-state index contributed by atoms with van der Waals surface area (Å²) in [6.45, 7) is 4.81. The van der Waals surface area contributed by atoms with Gasteiger partial charge < -0.3 is 20.6 Å². The Morgan fingerprint density at radius 1 is 1.06 bits per heavy atom. The second kappa shape index (κ2) is 10.8. The number of anilines is 1. The highest BCUT2D eigenvalue weighted by molar-refractivity contribution is 5.94. The van der Waals surface area contributed by atoms with E-state index in [0.29, 0.717) is 25.3 Å². The third-order valence-corrected chi connectivity index (χ3v) is 6.88. The van der Waals surface area contributed by atoms with E-state index in [1.807, 2.05) is 30.3 Å². The van der Waals surface area contributed by atoms with Crippen LogP contribution in [0, 0.1) is 0 Å². The molecule has 1 heterocycles. The number of carbonyl (C=O) groups is 3. The van der Waals surface area contributed by atoms with E-state index in [2.05, 4.69) is 30.6 Å². The number of likely N-dealkylation sites (tertiary alicyclic amines) is 1. The molecule has 0 spiro atoms. The third-order valence-electron chi connectivity index (χ3n) is 6.88. The Labute approximate surface area is 206 Å². The first kappa shape index (κ1) is 24.5. The summed E-state index contributed by atoms with van der Waals surface area (Å²) in [5, 5.41) is 15.3. The van der Waals surface area contributed by atoms with E-state index in [9.17, 15) is 19.5 Å². The molecule has 4 rings (SSSR count). The fraction of sp³-hybridized carbons (Fsp3) is 0.393. The van der Waals surface area contributed by atoms with Gasteiger partial charge in [-0.05, 0) is 79.0 Å². The lowest BCUT2D eigenvalue weighted by atomic mass is 9.90. The second-order valence-electron chi connectivity index (χ2n) is 9.65. The largest absolute Gasteiger partial charge is 0.478 e. The number of aromatic carboxylic acids is 1. The molecule has 1 unspecified atom stereocenters. The number of nitrogens with one attached hydrogen (secondary N) is 2. The molecule has 2 atom stereocenters. The molecule has 1 fully saturated rings. The maximum atomic E-state index is 13.1.